The molecular formula is C20H22FN3OS. The molecule has 0 amide bonds. The summed E-state index contributed by atoms with van der Waals surface area (Å²) in [7, 11) is 2.03. The van der Waals surface area contributed by atoms with Crippen LogP contribution in [0, 0.1) is 12.7 Å². The van der Waals surface area contributed by atoms with Gasteiger partial charge in [0.25, 0.3) is 5.19 Å². The van der Waals surface area contributed by atoms with Gasteiger partial charge in [-0.3, -0.25) is 0 Å². The van der Waals surface area contributed by atoms with Crippen LogP contribution in [0.25, 0.3) is 11.4 Å². The normalized spacial score (nSPS) is 11.1. The van der Waals surface area contributed by atoms with E-state index in [2.05, 4.69) is 21.2 Å². The highest BCUT2D eigenvalue weighted by molar-refractivity contribution is 7.07. The van der Waals surface area contributed by atoms with E-state index in [-0.39, 0.29) is 5.82 Å². The predicted octanol–water partition coefficient (Wildman–Crippen LogP) is 4.94. The third kappa shape index (κ3) is 4.45. The number of hydrogen-bond donors (Lipinski definition) is 0. The highest BCUT2D eigenvalue weighted by atomic mass is 32.1. The SMILES string of the molecule is CCN(C)CCc1cc(C)c(Oc2nc(-c3ccccc3)ns2)cc1F. The molecule has 0 spiro atoms. The largest absolute Gasteiger partial charge is 0.429 e. The molecule has 0 N–H and O–H groups in total. The van der Waals surface area contributed by atoms with Gasteiger partial charge < -0.3 is 9.64 Å². The lowest BCUT2D eigenvalue weighted by Gasteiger charge is -2.15. The third-order valence-corrected chi connectivity index (χ3v) is 4.88. The summed E-state index contributed by atoms with van der Waals surface area (Å²) < 4.78 is 24.5. The standard InChI is InChI=1S/C20H22FN3OS/c1-4-24(3)11-10-16-12-14(2)18(13-17(16)21)25-20-22-19(23-26-20)15-8-6-5-7-9-15/h5-9,12-13H,4,10-11H2,1-3H3. The van der Waals surface area contributed by atoms with E-state index in [4.69, 9.17) is 4.74 Å². The molecule has 0 aliphatic heterocycles. The van der Waals surface area contributed by atoms with Crippen molar-refractivity contribution in [1.29, 1.82) is 0 Å². The topological polar surface area (TPSA) is 38.2 Å². The van der Waals surface area contributed by atoms with E-state index in [0.717, 1.165) is 35.7 Å². The molecule has 136 valence electrons. The van der Waals surface area contributed by atoms with Gasteiger partial charge in [0.15, 0.2) is 5.82 Å². The van der Waals surface area contributed by atoms with E-state index in [0.29, 0.717) is 28.8 Å². The average Bonchev–Trinajstić information content (AvgIpc) is 3.12. The van der Waals surface area contributed by atoms with Gasteiger partial charge >= 0.3 is 0 Å². The number of benzene rings is 2. The first kappa shape index (κ1) is 18.5. The van der Waals surface area contributed by atoms with Gasteiger partial charge in [0.05, 0.1) is 0 Å². The van der Waals surface area contributed by atoms with Crippen LogP contribution in [0.2, 0.25) is 0 Å². The number of aryl methyl sites for hydroxylation is 1. The van der Waals surface area contributed by atoms with Crippen LogP contribution in [0.5, 0.6) is 10.9 Å². The van der Waals surface area contributed by atoms with Gasteiger partial charge in [-0.05, 0) is 44.1 Å². The summed E-state index contributed by atoms with van der Waals surface area (Å²) in [5, 5.41) is 0.407. The Balaban J connectivity index is 1.74. The minimum atomic E-state index is -0.247. The summed E-state index contributed by atoms with van der Waals surface area (Å²) in [5.74, 6) is 0.844. The molecule has 0 aliphatic carbocycles. The van der Waals surface area contributed by atoms with E-state index >= 15 is 0 Å². The van der Waals surface area contributed by atoms with Crippen LogP contribution < -0.4 is 4.74 Å². The Labute approximate surface area is 157 Å². The molecule has 0 aliphatic rings. The first-order valence-electron chi connectivity index (χ1n) is 8.61. The summed E-state index contributed by atoms with van der Waals surface area (Å²) in [4.78, 5) is 6.55. The summed E-state index contributed by atoms with van der Waals surface area (Å²) in [6, 6.07) is 13.0. The zero-order chi connectivity index (χ0) is 18.5. The molecule has 1 heterocycles. The molecule has 6 heteroatoms. The third-order valence-electron chi connectivity index (χ3n) is 4.28. The lowest BCUT2D eigenvalue weighted by atomic mass is 10.1. The molecular weight excluding hydrogens is 349 g/mol. The van der Waals surface area contributed by atoms with Crippen LogP contribution >= 0.6 is 11.5 Å². The lowest BCUT2D eigenvalue weighted by molar-refractivity contribution is 0.355. The number of rotatable bonds is 7. The zero-order valence-electron chi connectivity index (χ0n) is 15.2. The molecule has 0 unspecified atom stereocenters. The Kier molecular flexibility index (Phi) is 5.96. The minimum absolute atomic E-state index is 0.247. The fraction of sp³-hybridized carbons (Fsp3) is 0.300. The van der Waals surface area contributed by atoms with Crippen LogP contribution in [0.3, 0.4) is 0 Å². The summed E-state index contributed by atoms with van der Waals surface area (Å²) >= 11 is 1.16. The second-order valence-electron chi connectivity index (χ2n) is 6.21. The molecule has 26 heavy (non-hydrogen) atoms. The molecule has 2 aromatic carbocycles. The lowest BCUT2D eigenvalue weighted by Crippen LogP contribution is -2.20. The molecule has 3 rings (SSSR count). The quantitative estimate of drug-likeness (QED) is 0.590. The molecule has 0 saturated carbocycles. The second kappa shape index (κ2) is 8.38. The van der Waals surface area contributed by atoms with Crippen LogP contribution in [-0.2, 0) is 6.42 Å². The zero-order valence-corrected chi connectivity index (χ0v) is 16.0. The highest BCUT2D eigenvalue weighted by Crippen LogP contribution is 2.30. The van der Waals surface area contributed by atoms with Crippen molar-refractivity contribution in [2.75, 3.05) is 20.1 Å². The van der Waals surface area contributed by atoms with E-state index < -0.39 is 0 Å². The highest BCUT2D eigenvalue weighted by Gasteiger charge is 2.13. The van der Waals surface area contributed by atoms with Gasteiger partial charge in [-0.1, -0.05) is 37.3 Å². The second-order valence-corrected chi connectivity index (χ2v) is 6.92. The van der Waals surface area contributed by atoms with Crippen molar-refractivity contribution in [3.63, 3.8) is 0 Å². The van der Waals surface area contributed by atoms with E-state index in [9.17, 15) is 4.39 Å². The molecule has 0 bridgehead atoms. The van der Waals surface area contributed by atoms with E-state index in [1.165, 1.54) is 6.07 Å². The van der Waals surface area contributed by atoms with Gasteiger partial charge in [0.1, 0.15) is 11.6 Å². The Morgan fingerprint density at radius 3 is 2.69 bits per heavy atom. The van der Waals surface area contributed by atoms with E-state index in [1.54, 1.807) is 0 Å². The van der Waals surface area contributed by atoms with Gasteiger partial charge in [-0.2, -0.15) is 9.36 Å². The molecule has 0 radical (unpaired) electrons. The van der Waals surface area contributed by atoms with Gasteiger partial charge in [0.2, 0.25) is 0 Å². The summed E-state index contributed by atoms with van der Waals surface area (Å²) in [6.45, 7) is 5.78. The Morgan fingerprint density at radius 1 is 1.19 bits per heavy atom. The van der Waals surface area contributed by atoms with Crippen molar-refractivity contribution in [2.45, 2.75) is 20.3 Å². The fourth-order valence-corrected chi connectivity index (χ4v) is 3.11. The average molecular weight is 371 g/mol. The van der Waals surface area contributed by atoms with Crippen LogP contribution in [0.1, 0.15) is 18.1 Å². The maximum absolute atomic E-state index is 14.4. The minimum Gasteiger partial charge on any atom is -0.429 e. The number of aromatic nitrogens is 2. The number of likely N-dealkylation sites (N-methyl/N-ethyl adjacent to an activating group) is 1. The van der Waals surface area contributed by atoms with Crippen LogP contribution in [0.4, 0.5) is 4.39 Å². The van der Waals surface area contributed by atoms with Crippen molar-refractivity contribution in [3.8, 4) is 22.3 Å². The van der Waals surface area contributed by atoms with Crippen LogP contribution in [-0.4, -0.2) is 34.4 Å². The van der Waals surface area contributed by atoms with Crippen molar-refractivity contribution >= 4 is 11.5 Å². The first-order valence-corrected chi connectivity index (χ1v) is 9.38. The summed E-state index contributed by atoms with van der Waals surface area (Å²) in [6.07, 6.45) is 0.675. The number of hydrogen-bond acceptors (Lipinski definition) is 5. The van der Waals surface area contributed by atoms with Gasteiger partial charge in [-0.15, -0.1) is 0 Å². The van der Waals surface area contributed by atoms with E-state index in [1.807, 2.05) is 50.4 Å². The van der Waals surface area contributed by atoms with Gasteiger partial charge in [-0.25, -0.2) is 4.39 Å². The smallest absolute Gasteiger partial charge is 0.299 e. The number of nitrogens with zero attached hydrogens (tertiary/aromatic N) is 3. The molecule has 4 nitrogen and oxygen atoms in total. The Morgan fingerprint density at radius 2 is 1.96 bits per heavy atom. The number of ether oxygens (including phenoxy) is 1. The fourth-order valence-electron chi connectivity index (χ4n) is 2.54. The Hall–Kier alpha value is -2.31. The van der Waals surface area contributed by atoms with Crippen molar-refractivity contribution in [3.05, 3.63) is 59.4 Å². The molecule has 0 atom stereocenters. The maximum atomic E-state index is 14.4. The van der Waals surface area contributed by atoms with Gasteiger partial charge in [0, 0.05) is 29.7 Å². The molecule has 0 fully saturated rings. The van der Waals surface area contributed by atoms with Crippen molar-refractivity contribution in [2.24, 2.45) is 0 Å². The Bertz CT molecular complexity index is 867. The number of halogens is 1. The predicted molar refractivity (Wildman–Crippen MR) is 103 cm³/mol. The molecule has 3 aromatic rings. The summed E-state index contributed by atoms with van der Waals surface area (Å²) in [5.41, 5.74) is 2.52. The monoisotopic (exact) mass is 371 g/mol. The maximum Gasteiger partial charge on any atom is 0.299 e. The van der Waals surface area contributed by atoms with Crippen molar-refractivity contribution < 1.29 is 9.13 Å². The molecule has 0 saturated heterocycles. The molecule has 1 aromatic heterocycles. The first-order chi connectivity index (χ1) is 12.6. The van der Waals surface area contributed by atoms with Crippen LogP contribution in [0.15, 0.2) is 42.5 Å². The van der Waals surface area contributed by atoms with Crippen molar-refractivity contribution in [1.82, 2.24) is 14.3 Å².